The molecule has 2 heterocycles. The Bertz CT molecular complexity index is 744. The lowest BCUT2D eigenvalue weighted by atomic mass is 10.2. The molecular formula is C15H11FN2O2. The molecule has 0 radical (unpaired) electrons. The van der Waals surface area contributed by atoms with Crippen LogP contribution in [-0.2, 0) is 16.6 Å². The Labute approximate surface area is 114 Å². The van der Waals surface area contributed by atoms with Gasteiger partial charge in [-0.25, -0.2) is 14.2 Å². The highest BCUT2D eigenvalue weighted by molar-refractivity contribution is 6.12. The van der Waals surface area contributed by atoms with Gasteiger partial charge in [0.05, 0.1) is 5.56 Å². The van der Waals surface area contributed by atoms with Crippen LogP contribution in [0.5, 0.6) is 0 Å². The Morgan fingerprint density at radius 3 is 2.75 bits per heavy atom. The van der Waals surface area contributed by atoms with Crippen LogP contribution >= 0.6 is 0 Å². The van der Waals surface area contributed by atoms with Gasteiger partial charge >= 0.3 is 5.97 Å². The SMILES string of the molecule is Cn1cccc1/C=C1\N=C(c2ccccc2F)OC1=O. The number of hydrogen-bond donors (Lipinski definition) is 0. The summed E-state index contributed by atoms with van der Waals surface area (Å²) in [6.45, 7) is 0. The molecule has 1 aromatic carbocycles. The van der Waals surface area contributed by atoms with Crippen molar-refractivity contribution >= 4 is 17.9 Å². The summed E-state index contributed by atoms with van der Waals surface area (Å²) in [6.07, 6.45) is 3.46. The second-order valence-electron chi connectivity index (χ2n) is 4.36. The van der Waals surface area contributed by atoms with Crippen LogP contribution in [0.1, 0.15) is 11.3 Å². The number of halogens is 1. The van der Waals surface area contributed by atoms with Gasteiger partial charge in [0.15, 0.2) is 5.70 Å². The van der Waals surface area contributed by atoms with Crippen molar-refractivity contribution in [3.63, 3.8) is 0 Å². The minimum absolute atomic E-state index is 0.00596. The molecule has 0 amide bonds. The second kappa shape index (κ2) is 4.77. The summed E-state index contributed by atoms with van der Waals surface area (Å²) in [7, 11) is 1.86. The number of aliphatic imine (C=N–C) groups is 1. The standard InChI is InChI=1S/C15H11FN2O2/c1-18-8-4-5-10(18)9-13-15(19)20-14(17-13)11-6-2-3-7-12(11)16/h2-9H,1H3/b13-9-. The quantitative estimate of drug-likeness (QED) is 0.621. The van der Waals surface area contributed by atoms with Crippen molar-refractivity contribution in [2.75, 3.05) is 0 Å². The highest BCUT2D eigenvalue weighted by Gasteiger charge is 2.26. The van der Waals surface area contributed by atoms with Crippen molar-refractivity contribution < 1.29 is 13.9 Å². The van der Waals surface area contributed by atoms with Gasteiger partial charge in [-0.05, 0) is 30.3 Å². The Kier molecular flexibility index (Phi) is 2.95. The van der Waals surface area contributed by atoms with Gasteiger partial charge in [-0.1, -0.05) is 12.1 Å². The van der Waals surface area contributed by atoms with Gasteiger partial charge < -0.3 is 9.30 Å². The fourth-order valence-electron chi connectivity index (χ4n) is 1.92. The maximum absolute atomic E-state index is 13.6. The van der Waals surface area contributed by atoms with E-state index in [1.165, 1.54) is 12.1 Å². The zero-order valence-electron chi connectivity index (χ0n) is 10.7. The average molecular weight is 270 g/mol. The van der Waals surface area contributed by atoms with E-state index in [1.54, 1.807) is 18.2 Å². The predicted molar refractivity (Wildman–Crippen MR) is 72.4 cm³/mol. The molecule has 4 nitrogen and oxygen atoms in total. The third kappa shape index (κ3) is 2.14. The van der Waals surface area contributed by atoms with Crippen LogP contribution in [0.3, 0.4) is 0 Å². The number of rotatable bonds is 2. The van der Waals surface area contributed by atoms with Crippen LogP contribution in [0.2, 0.25) is 0 Å². The van der Waals surface area contributed by atoms with Gasteiger partial charge in [0.2, 0.25) is 5.90 Å². The van der Waals surface area contributed by atoms with Crippen molar-refractivity contribution in [2.24, 2.45) is 12.0 Å². The number of nitrogens with zero attached hydrogens (tertiary/aromatic N) is 2. The topological polar surface area (TPSA) is 43.6 Å². The van der Waals surface area contributed by atoms with Crippen molar-refractivity contribution in [1.82, 2.24) is 4.57 Å². The second-order valence-corrected chi connectivity index (χ2v) is 4.36. The summed E-state index contributed by atoms with van der Waals surface area (Å²) in [5, 5.41) is 0. The first-order chi connectivity index (χ1) is 9.65. The van der Waals surface area contributed by atoms with E-state index in [0.717, 1.165) is 5.69 Å². The Morgan fingerprint density at radius 2 is 2.05 bits per heavy atom. The van der Waals surface area contributed by atoms with E-state index in [0.29, 0.717) is 0 Å². The van der Waals surface area contributed by atoms with Crippen LogP contribution in [-0.4, -0.2) is 16.4 Å². The van der Waals surface area contributed by atoms with Gasteiger partial charge in [0, 0.05) is 18.9 Å². The van der Waals surface area contributed by atoms with Crippen molar-refractivity contribution in [2.45, 2.75) is 0 Å². The molecule has 0 unspecified atom stereocenters. The van der Waals surface area contributed by atoms with Gasteiger partial charge in [-0.3, -0.25) is 0 Å². The number of aryl methyl sites for hydroxylation is 1. The van der Waals surface area contributed by atoms with E-state index in [2.05, 4.69) is 4.99 Å². The van der Waals surface area contributed by atoms with Crippen molar-refractivity contribution in [3.05, 3.63) is 65.4 Å². The number of ether oxygens (including phenoxy) is 1. The third-order valence-corrected chi connectivity index (χ3v) is 2.99. The molecule has 0 saturated heterocycles. The molecule has 0 N–H and O–H groups in total. The fraction of sp³-hybridized carbons (Fsp3) is 0.0667. The van der Waals surface area contributed by atoms with Crippen LogP contribution in [0.15, 0.2) is 53.3 Å². The van der Waals surface area contributed by atoms with Gasteiger partial charge in [-0.15, -0.1) is 0 Å². The van der Waals surface area contributed by atoms with Crippen LogP contribution in [0.4, 0.5) is 4.39 Å². The van der Waals surface area contributed by atoms with Crippen LogP contribution < -0.4 is 0 Å². The lowest BCUT2D eigenvalue weighted by Gasteiger charge is -1.99. The summed E-state index contributed by atoms with van der Waals surface area (Å²) in [6, 6.07) is 9.74. The maximum Gasteiger partial charge on any atom is 0.363 e. The van der Waals surface area contributed by atoms with Gasteiger partial charge in [0.25, 0.3) is 0 Å². The highest BCUT2D eigenvalue weighted by atomic mass is 19.1. The number of cyclic esters (lactones) is 1. The molecular weight excluding hydrogens is 259 g/mol. The molecule has 0 spiro atoms. The molecule has 100 valence electrons. The molecule has 3 rings (SSSR count). The zero-order valence-corrected chi connectivity index (χ0v) is 10.7. The number of carbonyl (C=O) groups is 1. The minimum atomic E-state index is -0.579. The summed E-state index contributed by atoms with van der Waals surface area (Å²) < 4.78 is 20.5. The number of benzene rings is 1. The van der Waals surface area contributed by atoms with Crippen LogP contribution in [0.25, 0.3) is 6.08 Å². The molecule has 1 aliphatic rings. The monoisotopic (exact) mass is 270 g/mol. The van der Waals surface area contributed by atoms with Crippen molar-refractivity contribution in [1.29, 1.82) is 0 Å². The van der Waals surface area contributed by atoms with Gasteiger partial charge in [0.1, 0.15) is 5.82 Å². The number of aromatic nitrogens is 1. The van der Waals surface area contributed by atoms with E-state index in [4.69, 9.17) is 4.74 Å². The average Bonchev–Trinajstić information content (AvgIpc) is 2.98. The number of esters is 1. The normalized spacial score (nSPS) is 16.4. The Balaban J connectivity index is 2.00. The predicted octanol–water partition coefficient (Wildman–Crippen LogP) is 2.51. The first kappa shape index (κ1) is 12.3. The maximum atomic E-state index is 13.6. The summed E-state index contributed by atoms with van der Waals surface area (Å²) in [4.78, 5) is 15.8. The smallest absolute Gasteiger partial charge is 0.363 e. The molecule has 0 fully saturated rings. The molecule has 2 aromatic rings. The first-order valence-electron chi connectivity index (χ1n) is 6.04. The third-order valence-electron chi connectivity index (χ3n) is 2.99. The molecule has 0 bridgehead atoms. The lowest BCUT2D eigenvalue weighted by molar-refractivity contribution is -0.129. The van der Waals surface area contributed by atoms with Gasteiger partial charge in [-0.2, -0.15) is 0 Å². The zero-order chi connectivity index (χ0) is 14.1. The Morgan fingerprint density at radius 1 is 1.25 bits per heavy atom. The molecule has 1 aliphatic heterocycles. The van der Waals surface area contributed by atoms with Crippen molar-refractivity contribution in [3.8, 4) is 0 Å². The van der Waals surface area contributed by atoms with E-state index >= 15 is 0 Å². The molecule has 0 aliphatic carbocycles. The van der Waals surface area contributed by atoms with E-state index in [1.807, 2.05) is 29.9 Å². The summed E-state index contributed by atoms with van der Waals surface area (Å²) in [5.74, 6) is -1.06. The largest absolute Gasteiger partial charge is 0.402 e. The van der Waals surface area contributed by atoms with E-state index in [-0.39, 0.29) is 17.2 Å². The molecule has 20 heavy (non-hydrogen) atoms. The van der Waals surface area contributed by atoms with E-state index < -0.39 is 11.8 Å². The van der Waals surface area contributed by atoms with Crippen LogP contribution in [0, 0.1) is 5.82 Å². The Hall–Kier alpha value is -2.69. The first-order valence-corrected chi connectivity index (χ1v) is 6.04. The molecule has 1 aromatic heterocycles. The highest BCUT2D eigenvalue weighted by Crippen LogP contribution is 2.20. The summed E-state index contributed by atoms with van der Waals surface area (Å²) >= 11 is 0. The molecule has 0 saturated carbocycles. The van der Waals surface area contributed by atoms with E-state index in [9.17, 15) is 9.18 Å². The minimum Gasteiger partial charge on any atom is -0.402 e. The lowest BCUT2D eigenvalue weighted by Crippen LogP contribution is -2.07. The fourth-order valence-corrected chi connectivity index (χ4v) is 1.92. The molecule has 0 atom stereocenters. The summed E-state index contributed by atoms with van der Waals surface area (Å²) in [5.41, 5.74) is 1.15. The number of hydrogen-bond acceptors (Lipinski definition) is 3. The molecule has 5 heteroatoms. The number of carbonyl (C=O) groups excluding carboxylic acids is 1.